The molecular weight excluding hydrogens is 431 g/mol. The van der Waals surface area contributed by atoms with E-state index in [9.17, 15) is 10.1 Å². The van der Waals surface area contributed by atoms with E-state index in [-0.39, 0.29) is 26.2 Å². The van der Waals surface area contributed by atoms with E-state index in [0.717, 1.165) is 21.1 Å². The van der Waals surface area contributed by atoms with Crippen LogP contribution >= 0.6 is 0 Å². The molecule has 0 bridgehead atoms. The molecule has 0 radical (unpaired) electrons. The fourth-order valence-corrected chi connectivity index (χ4v) is 4.47. The Morgan fingerprint density at radius 2 is 1.54 bits per heavy atom. The van der Waals surface area contributed by atoms with Crippen LogP contribution in [-0.4, -0.2) is 52.1 Å². The van der Waals surface area contributed by atoms with E-state index in [0.29, 0.717) is 17.2 Å². The first-order valence-electron chi connectivity index (χ1n) is 8.11. The number of benzene rings is 2. The Bertz CT molecular complexity index is 992. The molecule has 0 aliphatic carbocycles. The van der Waals surface area contributed by atoms with E-state index >= 15 is 0 Å². The minimum absolute atomic E-state index is 0.0838. The van der Waals surface area contributed by atoms with Crippen LogP contribution in [0.4, 0.5) is 5.69 Å². The molecule has 0 N–H and O–H groups in total. The van der Waals surface area contributed by atoms with Crippen LogP contribution < -0.4 is 18.9 Å². The number of nitro benzene ring substituents is 1. The number of hydrogen-bond acceptors (Lipinski definition) is 7. The summed E-state index contributed by atoms with van der Waals surface area (Å²) in [5, 5.41) is 11.4. The van der Waals surface area contributed by atoms with Crippen LogP contribution in [0.1, 0.15) is 0 Å². The zero-order chi connectivity index (χ0) is 20.3. The molecule has 0 atom stereocenters. The summed E-state index contributed by atoms with van der Waals surface area (Å²) in [5.74, 6) is 1.76. The summed E-state index contributed by atoms with van der Waals surface area (Å²) in [7, 11) is 6.05. The van der Waals surface area contributed by atoms with Gasteiger partial charge < -0.3 is 0 Å². The van der Waals surface area contributed by atoms with Crippen LogP contribution in [0.2, 0.25) is 0 Å². The zero-order valence-electron chi connectivity index (χ0n) is 15.7. The van der Waals surface area contributed by atoms with Gasteiger partial charge in [-0.2, -0.15) is 0 Å². The Morgan fingerprint density at radius 3 is 2.07 bits per heavy atom. The van der Waals surface area contributed by atoms with E-state index < -0.39 is 4.92 Å². The number of rotatable bonds is 7. The van der Waals surface area contributed by atoms with Gasteiger partial charge in [0, 0.05) is 0 Å². The maximum absolute atomic E-state index is 11.4. The first-order valence-corrected chi connectivity index (χ1v) is 9.74. The first kappa shape index (κ1) is 19.7. The van der Waals surface area contributed by atoms with Gasteiger partial charge in [0.1, 0.15) is 0 Å². The van der Waals surface area contributed by atoms with Gasteiger partial charge in [-0.1, -0.05) is 0 Å². The van der Waals surface area contributed by atoms with Gasteiger partial charge in [-0.05, 0) is 0 Å². The molecule has 8 nitrogen and oxygen atoms in total. The van der Waals surface area contributed by atoms with E-state index in [4.69, 9.17) is 18.9 Å². The van der Waals surface area contributed by atoms with Crippen molar-refractivity contribution in [3.05, 3.63) is 46.6 Å². The van der Waals surface area contributed by atoms with Gasteiger partial charge in [0.25, 0.3) is 0 Å². The summed E-state index contributed by atoms with van der Waals surface area (Å²) >= 11 is -0.210. The number of nitrogens with zero attached hydrogens (tertiary/aromatic N) is 2. The van der Waals surface area contributed by atoms with Crippen LogP contribution in [0.25, 0.3) is 21.1 Å². The van der Waals surface area contributed by atoms with E-state index in [1.165, 1.54) is 13.2 Å². The summed E-state index contributed by atoms with van der Waals surface area (Å²) in [6, 6.07) is 8.59. The molecule has 0 unspecified atom stereocenters. The second-order valence-corrected chi connectivity index (χ2v) is 7.31. The van der Waals surface area contributed by atoms with Gasteiger partial charge >= 0.3 is 167 Å². The molecule has 0 saturated carbocycles. The van der Waals surface area contributed by atoms with Crippen molar-refractivity contribution < 1.29 is 23.9 Å². The van der Waals surface area contributed by atoms with Gasteiger partial charge in [0.05, 0.1) is 0 Å². The number of hydrogen-bond donors (Lipinski definition) is 0. The maximum atomic E-state index is 11.4. The van der Waals surface area contributed by atoms with Crippen molar-refractivity contribution in [1.29, 1.82) is 0 Å². The molecule has 3 aromatic rings. The third-order valence-electron chi connectivity index (χ3n) is 4.18. The number of methoxy groups -OCH3 is 4. The van der Waals surface area contributed by atoms with Crippen LogP contribution in [0.3, 0.4) is 0 Å². The SMILES string of the molecule is COc1ccc(-c2[se]ncc2-c2cc(OC)c(OC)c(OC)c2)cc1[N+](=O)[O-]. The van der Waals surface area contributed by atoms with Crippen LogP contribution in [0.5, 0.6) is 23.0 Å². The Balaban J connectivity index is 2.16. The Kier molecular flexibility index (Phi) is 5.87. The van der Waals surface area contributed by atoms with Gasteiger partial charge in [-0.25, -0.2) is 0 Å². The van der Waals surface area contributed by atoms with Gasteiger partial charge in [-0.3, -0.25) is 0 Å². The fraction of sp³-hybridized carbons (Fsp3) is 0.211. The van der Waals surface area contributed by atoms with Crippen molar-refractivity contribution in [2.24, 2.45) is 0 Å². The van der Waals surface area contributed by atoms with Crippen molar-refractivity contribution in [3.8, 4) is 44.1 Å². The minimum atomic E-state index is -0.454. The summed E-state index contributed by atoms with van der Waals surface area (Å²) < 4.78 is 26.7. The number of nitro groups is 1. The number of ether oxygens (including phenoxy) is 4. The van der Waals surface area contributed by atoms with Crippen molar-refractivity contribution in [2.45, 2.75) is 0 Å². The average Bonchev–Trinajstić information content (AvgIpc) is 3.21. The summed E-state index contributed by atoms with van der Waals surface area (Å²) in [6.07, 6.45) is 1.77. The molecule has 0 aliphatic heterocycles. The summed E-state index contributed by atoms with van der Waals surface area (Å²) in [4.78, 5) is 10.9. The molecule has 2 aromatic carbocycles. The summed E-state index contributed by atoms with van der Waals surface area (Å²) in [5.41, 5.74) is 2.33. The standard InChI is InChI=1S/C19H18N2O6Se/c1-24-15-6-5-11(7-14(15)21(22)23)19-13(10-20-28-19)12-8-16(25-2)18(27-4)17(9-12)26-3/h5-10H,1-4H3. The second-order valence-electron chi connectivity index (χ2n) is 5.63. The van der Waals surface area contributed by atoms with Crippen LogP contribution in [0.15, 0.2) is 36.5 Å². The molecule has 0 saturated heterocycles. The quantitative estimate of drug-likeness (QED) is 0.310. The zero-order valence-corrected chi connectivity index (χ0v) is 17.4. The topological polar surface area (TPSA) is 93.0 Å². The van der Waals surface area contributed by atoms with Gasteiger partial charge in [0.15, 0.2) is 0 Å². The van der Waals surface area contributed by atoms with Crippen molar-refractivity contribution in [3.63, 3.8) is 0 Å². The fourth-order valence-electron chi connectivity index (χ4n) is 2.86. The Labute approximate surface area is 167 Å². The van der Waals surface area contributed by atoms with Crippen molar-refractivity contribution in [1.82, 2.24) is 3.98 Å². The predicted octanol–water partition coefficient (Wildman–Crippen LogP) is 3.42. The van der Waals surface area contributed by atoms with E-state index in [2.05, 4.69) is 3.98 Å². The molecule has 0 amide bonds. The molecular formula is C19H18N2O6Se. The van der Waals surface area contributed by atoms with Crippen LogP contribution in [0, 0.1) is 10.1 Å². The average molecular weight is 449 g/mol. The molecule has 0 spiro atoms. The predicted molar refractivity (Wildman–Crippen MR) is 105 cm³/mol. The molecule has 146 valence electrons. The molecule has 0 aliphatic rings. The Morgan fingerprint density at radius 1 is 0.893 bits per heavy atom. The van der Waals surface area contributed by atoms with Gasteiger partial charge in [0.2, 0.25) is 0 Å². The molecule has 0 fully saturated rings. The Hall–Kier alpha value is -3.03. The first-order chi connectivity index (χ1) is 13.5. The molecule has 1 heterocycles. The van der Waals surface area contributed by atoms with Crippen LogP contribution in [-0.2, 0) is 0 Å². The molecule has 9 heteroatoms. The number of aromatic nitrogens is 1. The van der Waals surface area contributed by atoms with Crippen molar-refractivity contribution in [2.75, 3.05) is 28.4 Å². The van der Waals surface area contributed by atoms with Gasteiger partial charge in [-0.15, -0.1) is 0 Å². The molecule has 3 rings (SSSR count). The molecule has 28 heavy (non-hydrogen) atoms. The monoisotopic (exact) mass is 450 g/mol. The third-order valence-corrected chi connectivity index (χ3v) is 5.97. The van der Waals surface area contributed by atoms with E-state index in [1.54, 1.807) is 39.7 Å². The van der Waals surface area contributed by atoms with E-state index in [1.807, 2.05) is 12.1 Å². The normalized spacial score (nSPS) is 10.4. The molecule has 1 aromatic heterocycles. The summed E-state index contributed by atoms with van der Waals surface area (Å²) in [6.45, 7) is 0. The third kappa shape index (κ3) is 3.54. The second kappa shape index (κ2) is 8.33. The van der Waals surface area contributed by atoms with Crippen molar-refractivity contribution >= 4 is 20.4 Å².